The van der Waals surface area contributed by atoms with Gasteiger partial charge in [0.25, 0.3) is 0 Å². The Morgan fingerprint density at radius 1 is 1.30 bits per heavy atom. The van der Waals surface area contributed by atoms with Crippen LogP contribution in [-0.4, -0.2) is 43.2 Å². The predicted octanol–water partition coefficient (Wildman–Crippen LogP) is 3.72. The molecule has 1 amide bonds. The number of hydrogen-bond donors (Lipinski definition) is 1. The van der Waals surface area contributed by atoms with Crippen molar-refractivity contribution >= 4 is 23.2 Å². The molecule has 7 heteroatoms. The van der Waals surface area contributed by atoms with Gasteiger partial charge in [-0.1, -0.05) is 23.7 Å². The zero-order valence-corrected chi connectivity index (χ0v) is 15.8. The van der Waals surface area contributed by atoms with Crippen LogP contribution in [-0.2, 0) is 16.1 Å². The van der Waals surface area contributed by atoms with Crippen LogP contribution < -0.4 is 10.1 Å². The molecule has 5 nitrogen and oxygen atoms in total. The van der Waals surface area contributed by atoms with Crippen molar-refractivity contribution in [2.24, 2.45) is 0 Å². The van der Waals surface area contributed by atoms with Gasteiger partial charge in [0, 0.05) is 18.8 Å². The molecule has 3 rings (SSSR count). The molecule has 1 N–H and O–H groups in total. The number of halogens is 2. The first-order valence-corrected chi connectivity index (χ1v) is 9.20. The van der Waals surface area contributed by atoms with Crippen molar-refractivity contribution < 1.29 is 18.7 Å². The lowest BCUT2D eigenvalue weighted by atomic mass is 10.2. The van der Waals surface area contributed by atoms with E-state index < -0.39 is 0 Å². The number of anilines is 1. The lowest BCUT2D eigenvalue weighted by Gasteiger charge is -2.29. The lowest BCUT2D eigenvalue weighted by Crippen LogP contribution is -2.46. The van der Waals surface area contributed by atoms with Gasteiger partial charge < -0.3 is 19.7 Å². The van der Waals surface area contributed by atoms with E-state index in [1.807, 2.05) is 6.92 Å². The first-order valence-electron chi connectivity index (χ1n) is 8.83. The summed E-state index contributed by atoms with van der Waals surface area (Å²) >= 11 is 6.29. The molecular formula is C20H22ClFN2O3. The van der Waals surface area contributed by atoms with Gasteiger partial charge in [-0.25, -0.2) is 4.39 Å². The summed E-state index contributed by atoms with van der Waals surface area (Å²) in [6, 6.07) is 11.1. The first kappa shape index (κ1) is 19.5. The van der Waals surface area contributed by atoms with Crippen LogP contribution in [0.4, 0.5) is 10.1 Å². The van der Waals surface area contributed by atoms with E-state index in [1.165, 1.54) is 12.1 Å². The van der Waals surface area contributed by atoms with Crippen LogP contribution in [0.1, 0.15) is 12.5 Å². The van der Waals surface area contributed by atoms with E-state index in [0.29, 0.717) is 37.1 Å². The number of morpholine rings is 1. The molecule has 0 aromatic heterocycles. The standard InChI is InChI=1S/C20H22ClFN2O3/c1-14(20(25)24-7-9-26-10-8-24)23-17-5-6-19(18(21)12-17)27-13-15-3-2-4-16(22)11-15/h2-6,11-12,14,23H,7-10,13H2,1H3. The van der Waals surface area contributed by atoms with Gasteiger partial charge in [0.05, 0.1) is 18.2 Å². The van der Waals surface area contributed by atoms with Gasteiger partial charge in [-0.2, -0.15) is 0 Å². The number of nitrogens with one attached hydrogen (secondary N) is 1. The lowest BCUT2D eigenvalue weighted by molar-refractivity contribution is -0.135. The van der Waals surface area contributed by atoms with E-state index in [9.17, 15) is 9.18 Å². The summed E-state index contributed by atoms with van der Waals surface area (Å²) in [4.78, 5) is 14.3. The number of benzene rings is 2. The van der Waals surface area contributed by atoms with Crippen molar-refractivity contribution in [1.82, 2.24) is 4.90 Å². The average Bonchev–Trinajstić information content (AvgIpc) is 2.67. The second-order valence-electron chi connectivity index (χ2n) is 6.37. The fourth-order valence-corrected chi connectivity index (χ4v) is 3.10. The van der Waals surface area contributed by atoms with Crippen molar-refractivity contribution in [3.63, 3.8) is 0 Å². The summed E-state index contributed by atoms with van der Waals surface area (Å²) in [6.07, 6.45) is 0. The largest absolute Gasteiger partial charge is 0.487 e. The Balaban J connectivity index is 1.58. The molecule has 0 spiro atoms. The number of carbonyl (C=O) groups is 1. The van der Waals surface area contributed by atoms with Crippen molar-refractivity contribution in [2.75, 3.05) is 31.6 Å². The maximum absolute atomic E-state index is 13.2. The van der Waals surface area contributed by atoms with Crippen molar-refractivity contribution in [3.8, 4) is 5.75 Å². The van der Waals surface area contributed by atoms with E-state index in [-0.39, 0.29) is 24.4 Å². The molecule has 0 aliphatic carbocycles. The van der Waals surface area contributed by atoms with Crippen LogP contribution in [0.25, 0.3) is 0 Å². The van der Waals surface area contributed by atoms with Crippen LogP contribution in [0.5, 0.6) is 5.75 Å². The smallest absolute Gasteiger partial charge is 0.244 e. The average molecular weight is 393 g/mol. The van der Waals surface area contributed by atoms with E-state index in [0.717, 1.165) is 11.3 Å². The highest BCUT2D eigenvalue weighted by molar-refractivity contribution is 6.32. The van der Waals surface area contributed by atoms with E-state index >= 15 is 0 Å². The molecular weight excluding hydrogens is 371 g/mol. The Kier molecular flexibility index (Phi) is 6.53. The van der Waals surface area contributed by atoms with Crippen LogP contribution in [0, 0.1) is 5.82 Å². The zero-order chi connectivity index (χ0) is 19.2. The molecule has 1 atom stereocenters. The Morgan fingerprint density at radius 3 is 2.78 bits per heavy atom. The van der Waals surface area contributed by atoms with Gasteiger partial charge in [0.1, 0.15) is 24.2 Å². The van der Waals surface area contributed by atoms with Crippen molar-refractivity contribution in [2.45, 2.75) is 19.6 Å². The van der Waals surface area contributed by atoms with E-state index in [1.54, 1.807) is 35.2 Å². The predicted molar refractivity (Wildman–Crippen MR) is 103 cm³/mol. The third kappa shape index (κ3) is 5.34. The Labute approximate surface area is 163 Å². The number of rotatable bonds is 6. The molecule has 1 aliphatic heterocycles. The summed E-state index contributed by atoms with van der Waals surface area (Å²) in [5, 5.41) is 3.59. The van der Waals surface area contributed by atoms with Gasteiger partial charge in [0.15, 0.2) is 0 Å². The molecule has 0 bridgehead atoms. The monoisotopic (exact) mass is 392 g/mol. The summed E-state index contributed by atoms with van der Waals surface area (Å²) in [6.45, 7) is 4.40. The molecule has 1 saturated heterocycles. The van der Waals surface area contributed by atoms with Gasteiger partial charge in [-0.3, -0.25) is 4.79 Å². The molecule has 27 heavy (non-hydrogen) atoms. The molecule has 1 unspecified atom stereocenters. The number of nitrogens with zero attached hydrogens (tertiary/aromatic N) is 1. The first-order chi connectivity index (χ1) is 13.0. The second-order valence-corrected chi connectivity index (χ2v) is 6.77. The molecule has 1 aliphatic rings. The van der Waals surface area contributed by atoms with Crippen LogP contribution in [0.2, 0.25) is 5.02 Å². The Morgan fingerprint density at radius 2 is 2.07 bits per heavy atom. The fourth-order valence-electron chi connectivity index (χ4n) is 2.86. The Hall–Kier alpha value is -2.31. The van der Waals surface area contributed by atoms with Gasteiger partial charge in [-0.15, -0.1) is 0 Å². The molecule has 1 heterocycles. The summed E-state index contributed by atoms with van der Waals surface area (Å²) in [5.74, 6) is 0.222. The topological polar surface area (TPSA) is 50.8 Å². The third-order valence-electron chi connectivity index (χ3n) is 4.29. The Bertz CT molecular complexity index is 797. The third-order valence-corrected chi connectivity index (χ3v) is 4.59. The maximum Gasteiger partial charge on any atom is 0.244 e. The zero-order valence-electron chi connectivity index (χ0n) is 15.1. The number of hydrogen-bond acceptors (Lipinski definition) is 4. The normalized spacial score (nSPS) is 15.3. The highest BCUT2D eigenvalue weighted by Gasteiger charge is 2.22. The minimum absolute atomic E-state index is 0.0286. The van der Waals surface area contributed by atoms with E-state index in [2.05, 4.69) is 5.32 Å². The summed E-state index contributed by atoms with van der Waals surface area (Å²) < 4.78 is 24.2. The van der Waals surface area contributed by atoms with Crippen LogP contribution >= 0.6 is 11.6 Å². The maximum atomic E-state index is 13.2. The highest BCUT2D eigenvalue weighted by atomic mass is 35.5. The van der Waals surface area contributed by atoms with Crippen LogP contribution in [0.3, 0.4) is 0 Å². The molecule has 0 saturated carbocycles. The quantitative estimate of drug-likeness (QED) is 0.814. The summed E-state index contributed by atoms with van der Waals surface area (Å²) in [7, 11) is 0. The van der Waals surface area contributed by atoms with Crippen molar-refractivity contribution in [1.29, 1.82) is 0 Å². The van der Waals surface area contributed by atoms with E-state index in [4.69, 9.17) is 21.1 Å². The number of carbonyl (C=O) groups excluding carboxylic acids is 1. The minimum atomic E-state index is -0.377. The minimum Gasteiger partial charge on any atom is -0.487 e. The molecule has 2 aromatic carbocycles. The van der Waals surface area contributed by atoms with Crippen molar-refractivity contribution in [3.05, 3.63) is 58.9 Å². The number of amides is 1. The highest BCUT2D eigenvalue weighted by Crippen LogP contribution is 2.29. The SMILES string of the molecule is CC(Nc1ccc(OCc2cccc(F)c2)c(Cl)c1)C(=O)N1CCOCC1. The van der Waals surface area contributed by atoms with Crippen LogP contribution in [0.15, 0.2) is 42.5 Å². The fraction of sp³-hybridized carbons (Fsp3) is 0.350. The second kappa shape index (κ2) is 9.06. The summed E-state index contributed by atoms with van der Waals surface area (Å²) in [5.41, 5.74) is 1.45. The number of ether oxygens (including phenoxy) is 2. The molecule has 2 aromatic rings. The molecule has 1 fully saturated rings. The van der Waals surface area contributed by atoms with Gasteiger partial charge in [-0.05, 0) is 42.8 Å². The van der Waals surface area contributed by atoms with Gasteiger partial charge >= 0.3 is 0 Å². The molecule has 144 valence electrons. The molecule has 0 radical (unpaired) electrons. The van der Waals surface area contributed by atoms with Gasteiger partial charge in [0.2, 0.25) is 5.91 Å².